The molecule has 6 nitrogen and oxygen atoms in total. The maximum atomic E-state index is 14.1. The summed E-state index contributed by atoms with van der Waals surface area (Å²) in [6.07, 6.45) is 7.18. The van der Waals surface area contributed by atoms with E-state index in [1.54, 1.807) is 0 Å². The van der Waals surface area contributed by atoms with Gasteiger partial charge < -0.3 is 9.64 Å². The second kappa shape index (κ2) is 8.99. The van der Waals surface area contributed by atoms with Gasteiger partial charge in [-0.25, -0.2) is 0 Å². The molecule has 2 atom stereocenters. The first kappa shape index (κ1) is 21.7. The van der Waals surface area contributed by atoms with Crippen LogP contribution in [-0.4, -0.2) is 63.9 Å². The minimum absolute atomic E-state index is 0.000114. The maximum Gasteiger partial charge on any atom is 0.257 e. The van der Waals surface area contributed by atoms with E-state index in [4.69, 9.17) is 4.74 Å². The second-order valence-electron chi connectivity index (χ2n) is 10.1. The molecule has 2 saturated heterocycles. The van der Waals surface area contributed by atoms with Gasteiger partial charge in [0.05, 0.1) is 12.5 Å². The third-order valence-corrected chi connectivity index (χ3v) is 7.59. The van der Waals surface area contributed by atoms with Crippen LogP contribution in [0.25, 0.3) is 0 Å². The van der Waals surface area contributed by atoms with Gasteiger partial charge in [-0.05, 0) is 44.2 Å². The summed E-state index contributed by atoms with van der Waals surface area (Å²) in [7, 11) is 0. The lowest BCUT2D eigenvalue weighted by Gasteiger charge is -2.42. The molecule has 32 heavy (non-hydrogen) atoms. The van der Waals surface area contributed by atoms with Crippen molar-refractivity contribution in [1.82, 2.24) is 19.6 Å². The van der Waals surface area contributed by atoms with E-state index < -0.39 is 5.60 Å². The van der Waals surface area contributed by atoms with Crippen molar-refractivity contribution in [1.29, 1.82) is 0 Å². The number of amides is 1. The van der Waals surface area contributed by atoms with Gasteiger partial charge in [-0.1, -0.05) is 43.2 Å². The van der Waals surface area contributed by atoms with Crippen LogP contribution < -0.4 is 0 Å². The van der Waals surface area contributed by atoms with E-state index in [2.05, 4.69) is 46.7 Å². The zero-order chi connectivity index (χ0) is 22.1. The molecule has 6 heteroatoms. The Balaban J connectivity index is 1.45. The van der Waals surface area contributed by atoms with Crippen molar-refractivity contribution in [2.75, 3.05) is 32.8 Å². The fourth-order valence-corrected chi connectivity index (χ4v) is 6.06. The lowest BCUT2D eigenvalue weighted by molar-refractivity contribution is -0.173. The minimum atomic E-state index is -0.821. The normalized spacial score (nSPS) is 27.3. The number of ether oxygens (including phenoxy) is 1. The molecule has 0 bridgehead atoms. The molecule has 2 aromatic rings. The summed E-state index contributed by atoms with van der Waals surface area (Å²) >= 11 is 0. The SMILES string of the molecule is CC(C)n1nccc1C1CN(CC2CCCC2)CC12OCCN(Cc1ccccc1)C2=O. The van der Waals surface area contributed by atoms with E-state index in [9.17, 15) is 4.79 Å². The van der Waals surface area contributed by atoms with Gasteiger partial charge in [0.2, 0.25) is 0 Å². The van der Waals surface area contributed by atoms with Gasteiger partial charge in [0.1, 0.15) is 0 Å². The van der Waals surface area contributed by atoms with Crippen molar-refractivity contribution in [3.8, 4) is 0 Å². The fourth-order valence-electron chi connectivity index (χ4n) is 6.06. The highest BCUT2D eigenvalue weighted by Crippen LogP contribution is 2.43. The largest absolute Gasteiger partial charge is 0.361 e. The summed E-state index contributed by atoms with van der Waals surface area (Å²) in [5, 5.41) is 4.60. The molecule has 3 aliphatic rings. The Kier molecular flexibility index (Phi) is 6.08. The fraction of sp³-hybridized carbons (Fsp3) is 0.615. The number of morpholine rings is 1. The van der Waals surface area contributed by atoms with Crippen LogP contribution >= 0.6 is 0 Å². The number of aromatic nitrogens is 2. The first-order valence-electron chi connectivity index (χ1n) is 12.3. The first-order valence-corrected chi connectivity index (χ1v) is 12.3. The average Bonchev–Trinajstić information content (AvgIpc) is 3.53. The molecule has 3 fully saturated rings. The Labute approximate surface area is 191 Å². The predicted molar refractivity (Wildman–Crippen MR) is 124 cm³/mol. The van der Waals surface area contributed by atoms with Crippen molar-refractivity contribution < 1.29 is 9.53 Å². The third-order valence-electron chi connectivity index (χ3n) is 7.59. The third kappa shape index (κ3) is 3.99. The zero-order valence-corrected chi connectivity index (χ0v) is 19.4. The summed E-state index contributed by atoms with van der Waals surface area (Å²) in [5.41, 5.74) is 1.48. The molecule has 1 aromatic heterocycles. The Morgan fingerprint density at radius 3 is 2.69 bits per heavy atom. The van der Waals surface area contributed by atoms with Gasteiger partial charge in [0, 0.05) is 50.7 Å². The van der Waals surface area contributed by atoms with Crippen molar-refractivity contribution in [2.45, 2.75) is 63.6 Å². The molecule has 1 spiro atoms. The standard InChI is InChI=1S/C26H36N4O2/c1-20(2)30-24(12-13-27-30)23-18-28(16-21-10-6-7-11-21)19-26(23)25(31)29(14-15-32-26)17-22-8-4-3-5-9-22/h3-5,8-9,12-13,20-21,23H,6-7,10-11,14-19H2,1-2H3. The molecule has 1 saturated carbocycles. The number of hydrogen-bond acceptors (Lipinski definition) is 4. The monoisotopic (exact) mass is 436 g/mol. The summed E-state index contributed by atoms with van der Waals surface area (Å²) < 4.78 is 8.58. The van der Waals surface area contributed by atoms with Gasteiger partial charge in [-0.15, -0.1) is 0 Å². The average molecular weight is 437 g/mol. The number of benzene rings is 1. The van der Waals surface area contributed by atoms with Gasteiger partial charge in [0.15, 0.2) is 5.60 Å². The number of likely N-dealkylation sites (tertiary alicyclic amines) is 1. The van der Waals surface area contributed by atoms with Crippen molar-refractivity contribution >= 4 is 5.91 Å². The van der Waals surface area contributed by atoms with E-state index in [1.165, 1.54) is 31.2 Å². The summed E-state index contributed by atoms with van der Waals surface area (Å²) in [6.45, 7) is 8.80. The lowest BCUT2D eigenvalue weighted by atomic mass is 9.85. The molecule has 0 radical (unpaired) electrons. The maximum absolute atomic E-state index is 14.1. The summed E-state index contributed by atoms with van der Waals surface area (Å²) in [6, 6.07) is 12.6. The Morgan fingerprint density at radius 1 is 1.16 bits per heavy atom. The Hall–Kier alpha value is -2.18. The zero-order valence-electron chi connectivity index (χ0n) is 19.4. The molecule has 1 aliphatic carbocycles. The van der Waals surface area contributed by atoms with Crippen LogP contribution in [-0.2, 0) is 16.1 Å². The topological polar surface area (TPSA) is 50.6 Å². The summed E-state index contributed by atoms with van der Waals surface area (Å²) in [4.78, 5) is 18.6. The van der Waals surface area contributed by atoms with E-state index in [0.717, 1.165) is 24.7 Å². The molecule has 2 aliphatic heterocycles. The van der Waals surface area contributed by atoms with Crippen LogP contribution in [0.3, 0.4) is 0 Å². The van der Waals surface area contributed by atoms with Crippen molar-refractivity contribution in [3.63, 3.8) is 0 Å². The number of nitrogens with zero attached hydrogens (tertiary/aromatic N) is 4. The molecular formula is C26H36N4O2. The number of carbonyl (C=O) groups is 1. The molecule has 3 heterocycles. The quantitative estimate of drug-likeness (QED) is 0.690. The number of carbonyl (C=O) groups excluding carboxylic acids is 1. The first-order chi connectivity index (χ1) is 15.6. The van der Waals surface area contributed by atoms with Gasteiger partial charge >= 0.3 is 0 Å². The second-order valence-corrected chi connectivity index (χ2v) is 10.1. The number of rotatable bonds is 6. The Morgan fingerprint density at radius 2 is 1.94 bits per heavy atom. The highest BCUT2D eigenvalue weighted by atomic mass is 16.5. The smallest absolute Gasteiger partial charge is 0.257 e. The highest BCUT2D eigenvalue weighted by molar-refractivity contribution is 5.88. The van der Waals surface area contributed by atoms with Crippen LogP contribution in [0.4, 0.5) is 0 Å². The van der Waals surface area contributed by atoms with Crippen molar-refractivity contribution in [3.05, 3.63) is 53.9 Å². The van der Waals surface area contributed by atoms with E-state index in [-0.39, 0.29) is 17.9 Å². The van der Waals surface area contributed by atoms with E-state index in [0.29, 0.717) is 26.2 Å². The van der Waals surface area contributed by atoms with Crippen LogP contribution in [0.5, 0.6) is 0 Å². The van der Waals surface area contributed by atoms with Crippen LogP contribution in [0.15, 0.2) is 42.6 Å². The van der Waals surface area contributed by atoms with Crippen LogP contribution in [0, 0.1) is 5.92 Å². The molecule has 1 amide bonds. The molecule has 2 unspecified atom stereocenters. The number of hydrogen-bond donors (Lipinski definition) is 0. The van der Waals surface area contributed by atoms with Crippen LogP contribution in [0.1, 0.15) is 62.7 Å². The Bertz CT molecular complexity index is 921. The van der Waals surface area contributed by atoms with Gasteiger partial charge in [0.25, 0.3) is 5.91 Å². The lowest BCUT2D eigenvalue weighted by Crippen LogP contribution is -2.60. The van der Waals surface area contributed by atoms with Gasteiger partial charge in [-0.2, -0.15) is 5.10 Å². The van der Waals surface area contributed by atoms with E-state index in [1.807, 2.05) is 29.3 Å². The highest BCUT2D eigenvalue weighted by Gasteiger charge is 2.58. The minimum Gasteiger partial charge on any atom is -0.361 e. The van der Waals surface area contributed by atoms with Crippen molar-refractivity contribution in [2.24, 2.45) is 5.92 Å². The summed E-state index contributed by atoms with van der Waals surface area (Å²) in [5.74, 6) is 0.892. The molecule has 5 rings (SSSR count). The predicted octanol–water partition coefficient (Wildman–Crippen LogP) is 3.85. The molecule has 1 aromatic carbocycles. The molecular weight excluding hydrogens is 400 g/mol. The van der Waals surface area contributed by atoms with Gasteiger partial charge in [-0.3, -0.25) is 14.4 Å². The van der Waals surface area contributed by atoms with E-state index >= 15 is 0 Å². The molecule has 0 N–H and O–H groups in total. The van der Waals surface area contributed by atoms with Crippen LogP contribution in [0.2, 0.25) is 0 Å². The molecule has 172 valence electrons.